The number of aryl methyl sites for hydroxylation is 1. The standard InChI is InChI=1S/C21H19FN2O3S/c1-27-19-7-6-17(23-20(25)8-5-14-9-10-28-13-14)12-18(19)24-21(26)15-3-2-4-16(22)11-15/h2-4,6-7,9-13H,5,8H2,1H3,(H,23,25)(H,24,26). The Bertz CT molecular complexity index is 974. The highest BCUT2D eigenvalue weighted by atomic mass is 32.1. The van der Waals surface area contributed by atoms with Crippen LogP contribution in [0.25, 0.3) is 0 Å². The van der Waals surface area contributed by atoms with E-state index in [4.69, 9.17) is 4.74 Å². The minimum Gasteiger partial charge on any atom is -0.495 e. The summed E-state index contributed by atoms with van der Waals surface area (Å²) >= 11 is 1.60. The van der Waals surface area contributed by atoms with Crippen LogP contribution in [0.4, 0.5) is 15.8 Å². The van der Waals surface area contributed by atoms with Crippen molar-refractivity contribution in [3.05, 3.63) is 76.2 Å². The van der Waals surface area contributed by atoms with Gasteiger partial charge in [-0.2, -0.15) is 11.3 Å². The third kappa shape index (κ3) is 5.17. The molecule has 0 aliphatic heterocycles. The number of thiophene rings is 1. The van der Waals surface area contributed by atoms with Gasteiger partial charge in [0.1, 0.15) is 11.6 Å². The Labute approximate surface area is 166 Å². The molecule has 5 nitrogen and oxygen atoms in total. The minimum atomic E-state index is -0.494. The molecule has 0 atom stereocenters. The number of nitrogens with one attached hydrogen (secondary N) is 2. The van der Waals surface area contributed by atoms with Crippen LogP contribution in [0, 0.1) is 5.82 Å². The molecule has 0 fully saturated rings. The molecule has 2 aromatic carbocycles. The molecular weight excluding hydrogens is 379 g/mol. The zero-order valence-electron chi connectivity index (χ0n) is 15.2. The second-order valence-corrected chi connectivity index (χ2v) is 6.84. The molecule has 0 aliphatic rings. The van der Waals surface area contributed by atoms with Gasteiger partial charge >= 0.3 is 0 Å². The lowest BCUT2D eigenvalue weighted by Gasteiger charge is -2.13. The van der Waals surface area contributed by atoms with E-state index >= 15 is 0 Å². The largest absolute Gasteiger partial charge is 0.495 e. The number of amides is 2. The molecule has 2 amide bonds. The molecule has 0 aliphatic carbocycles. The summed E-state index contributed by atoms with van der Waals surface area (Å²) in [6.45, 7) is 0. The second kappa shape index (κ2) is 9.14. The van der Waals surface area contributed by atoms with E-state index in [0.29, 0.717) is 30.0 Å². The third-order valence-electron chi connectivity index (χ3n) is 4.04. The van der Waals surface area contributed by atoms with Crippen molar-refractivity contribution in [3.63, 3.8) is 0 Å². The number of hydrogen-bond donors (Lipinski definition) is 2. The van der Waals surface area contributed by atoms with E-state index in [1.54, 1.807) is 29.5 Å². The van der Waals surface area contributed by atoms with Crippen molar-refractivity contribution in [3.8, 4) is 5.75 Å². The molecule has 0 unspecified atom stereocenters. The Hall–Kier alpha value is -3.19. The summed E-state index contributed by atoms with van der Waals surface area (Å²) in [5, 5.41) is 9.50. The average Bonchev–Trinajstić information content (AvgIpc) is 3.20. The molecule has 1 heterocycles. The van der Waals surface area contributed by atoms with E-state index in [-0.39, 0.29) is 11.5 Å². The van der Waals surface area contributed by atoms with Gasteiger partial charge in [-0.05, 0) is 65.2 Å². The van der Waals surface area contributed by atoms with Crippen LogP contribution in [0.15, 0.2) is 59.3 Å². The van der Waals surface area contributed by atoms with Gasteiger partial charge in [0.15, 0.2) is 0 Å². The lowest BCUT2D eigenvalue weighted by atomic mass is 10.1. The monoisotopic (exact) mass is 398 g/mol. The van der Waals surface area contributed by atoms with Gasteiger partial charge in [0.2, 0.25) is 5.91 Å². The number of hydrogen-bond acceptors (Lipinski definition) is 4. The Morgan fingerprint density at radius 2 is 1.96 bits per heavy atom. The highest BCUT2D eigenvalue weighted by Gasteiger charge is 2.12. The smallest absolute Gasteiger partial charge is 0.255 e. The van der Waals surface area contributed by atoms with Crippen molar-refractivity contribution in [2.45, 2.75) is 12.8 Å². The average molecular weight is 398 g/mol. The molecule has 2 N–H and O–H groups in total. The summed E-state index contributed by atoms with van der Waals surface area (Å²) in [4.78, 5) is 24.6. The molecule has 0 spiro atoms. The molecule has 3 rings (SSSR count). The fourth-order valence-electron chi connectivity index (χ4n) is 2.62. The van der Waals surface area contributed by atoms with Crippen LogP contribution < -0.4 is 15.4 Å². The van der Waals surface area contributed by atoms with Crippen LogP contribution in [-0.2, 0) is 11.2 Å². The van der Waals surface area contributed by atoms with Crippen molar-refractivity contribution in [2.75, 3.05) is 17.7 Å². The van der Waals surface area contributed by atoms with Gasteiger partial charge in [-0.1, -0.05) is 6.07 Å². The van der Waals surface area contributed by atoms with E-state index in [2.05, 4.69) is 10.6 Å². The molecule has 0 radical (unpaired) electrons. The van der Waals surface area contributed by atoms with Gasteiger partial charge < -0.3 is 15.4 Å². The topological polar surface area (TPSA) is 67.4 Å². The van der Waals surface area contributed by atoms with E-state index in [1.165, 1.54) is 25.3 Å². The number of ether oxygens (including phenoxy) is 1. The quantitative estimate of drug-likeness (QED) is 0.605. The van der Waals surface area contributed by atoms with Crippen LogP contribution in [0.3, 0.4) is 0 Å². The summed E-state index contributed by atoms with van der Waals surface area (Å²) in [5.74, 6) is -0.662. The zero-order valence-corrected chi connectivity index (χ0v) is 16.0. The van der Waals surface area contributed by atoms with E-state index in [9.17, 15) is 14.0 Å². The van der Waals surface area contributed by atoms with Crippen LogP contribution >= 0.6 is 11.3 Å². The maximum atomic E-state index is 13.3. The van der Waals surface area contributed by atoms with E-state index in [1.807, 2.05) is 16.8 Å². The first-order valence-electron chi connectivity index (χ1n) is 8.61. The Morgan fingerprint density at radius 3 is 2.68 bits per heavy atom. The first-order valence-corrected chi connectivity index (χ1v) is 9.55. The number of carbonyl (C=O) groups excluding carboxylic acids is 2. The molecule has 7 heteroatoms. The fourth-order valence-corrected chi connectivity index (χ4v) is 3.33. The maximum absolute atomic E-state index is 13.3. The highest BCUT2D eigenvalue weighted by Crippen LogP contribution is 2.28. The molecule has 0 bridgehead atoms. The molecule has 0 saturated heterocycles. The maximum Gasteiger partial charge on any atom is 0.255 e. The van der Waals surface area contributed by atoms with Crippen molar-refractivity contribution < 1.29 is 18.7 Å². The Kier molecular flexibility index (Phi) is 6.39. The SMILES string of the molecule is COc1ccc(NC(=O)CCc2ccsc2)cc1NC(=O)c1cccc(F)c1. The van der Waals surface area contributed by atoms with Crippen molar-refractivity contribution in [2.24, 2.45) is 0 Å². The normalized spacial score (nSPS) is 10.4. The van der Waals surface area contributed by atoms with Gasteiger partial charge in [-0.3, -0.25) is 9.59 Å². The third-order valence-corrected chi connectivity index (χ3v) is 4.77. The van der Waals surface area contributed by atoms with Crippen LogP contribution in [-0.4, -0.2) is 18.9 Å². The number of benzene rings is 2. The molecular formula is C21H19FN2O3S. The van der Waals surface area contributed by atoms with Crippen molar-refractivity contribution in [1.82, 2.24) is 0 Å². The van der Waals surface area contributed by atoms with Gasteiger partial charge in [0.25, 0.3) is 5.91 Å². The summed E-state index contributed by atoms with van der Waals surface area (Å²) < 4.78 is 18.6. The lowest BCUT2D eigenvalue weighted by molar-refractivity contribution is -0.116. The predicted molar refractivity (Wildman–Crippen MR) is 109 cm³/mol. The van der Waals surface area contributed by atoms with Crippen LogP contribution in [0.1, 0.15) is 22.3 Å². The van der Waals surface area contributed by atoms with E-state index in [0.717, 1.165) is 11.6 Å². The lowest BCUT2D eigenvalue weighted by Crippen LogP contribution is -2.15. The molecule has 0 saturated carbocycles. The molecule has 144 valence electrons. The van der Waals surface area contributed by atoms with Gasteiger partial charge in [-0.15, -0.1) is 0 Å². The van der Waals surface area contributed by atoms with Gasteiger partial charge in [0, 0.05) is 17.7 Å². The van der Waals surface area contributed by atoms with E-state index < -0.39 is 11.7 Å². The molecule has 28 heavy (non-hydrogen) atoms. The van der Waals surface area contributed by atoms with Crippen molar-refractivity contribution in [1.29, 1.82) is 0 Å². The number of anilines is 2. The number of methoxy groups -OCH3 is 1. The number of rotatable bonds is 7. The summed E-state index contributed by atoms with van der Waals surface area (Å²) in [6.07, 6.45) is 1.02. The summed E-state index contributed by atoms with van der Waals surface area (Å²) in [5.41, 5.74) is 2.23. The second-order valence-electron chi connectivity index (χ2n) is 6.06. The Balaban J connectivity index is 1.69. The van der Waals surface area contributed by atoms with Gasteiger partial charge in [0.05, 0.1) is 12.8 Å². The summed E-state index contributed by atoms with van der Waals surface area (Å²) in [6, 6.07) is 12.3. The van der Waals surface area contributed by atoms with Crippen LogP contribution in [0.5, 0.6) is 5.75 Å². The molecule has 3 aromatic rings. The number of carbonyl (C=O) groups is 2. The van der Waals surface area contributed by atoms with Crippen LogP contribution in [0.2, 0.25) is 0 Å². The predicted octanol–water partition coefficient (Wildman–Crippen LogP) is 4.72. The minimum absolute atomic E-state index is 0.126. The highest BCUT2D eigenvalue weighted by molar-refractivity contribution is 7.07. The summed E-state index contributed by atoms with van der Waals surface area (Å²) in [7, 11) is 1.48. The molecule has 1 aromatic heterocycles. The fraction of sp³-hybridized carbons (Fsp3) is 0.143. The Morgan fingerprint density at radius 1 is 1.11 bits per heavy atom. The van der Waals surface area contributed by atoms with Gasteiger partial charge in [-0.25, -0.2) is 4.39 Å². The first kappa shape index (κ1) is 19.6. The van der Waals surface area contributed by atoms with Crippen molar-refractivity contribution >= 4 is 34.5 Å². The zero-order chi connectivity index (χ0) is 19.9. The first-order chi connectivity index (χ1) is 13.5. The number of halogens is 1.